The molecule has 14 aromatic rings. The second-order valence-corrected chi connectivity index (χ2v) is 27.1. The molecule has 0 fully saturated rings. The summed E-state index contributed by atoms with van der Waals surface area (Å²) in [5.41, 5.74) is 5.00. The molecule has 14 rings (SSSR count). The largest absolute Gasteiger partial charge is 0.278 e. The summed E-state index contributed by atoms with van der Waals surface area (Å²) in [6.45, 7) is 0. The molecule has 3 aromatic heterocycles. The Kier molecular flexibility index (Phi) is 11.1. The van der Waals surface area contributed by atoms with E-state index in [-0.39, 0.29) is 0 Å². The third-order valence-corrected chi connectivity index (χ3v) is 25.0. The molecule has 76 heavy (non-hydrogen) atoms. The molecule has 0 spiro atoms. The van der Waals surface area contributed by atoms with Gasteiger partial charge in [-0.3, -0.25) is 9.13 Å². The van der Waals surface area contributed by atoms with Gasteiger partial charge >= 0.3 is 0 Å². The van der Waals surface area contributed by atoms with Gasteiger partial charge in [0.25, 0.3) is 0 Å². The van der Waals surface area contributed by atoms with Gasteiger partial charge in [0.2, 0.25) is 11.9 Å². The first kappa shape index (κ1) is 45.1. The average Bonchev–Trinajstić information content (AvgIpc) is 4.15. The second-order valence-electron chi connectivity index (χ2n) is 19.5. The predicted molar refractivity (Wildman–Crippen MR) is 321 cm³/mol. The number of aromatic nitrogens is 5. The number of fused-ring (bicyclic) bond motifs is 6. The molecular formula is C69H49N5Si2. The van der Waals surface area contributed by atoms with Gasteiger partial charge in [-0.2, -0.15) is 15.0 Å². The Labute approximate surface area is 443 Å². The Morgan fingerprint density at radius 2 is 0.500 bits per heavy atom. The van der Waals surface area contributed by atoms with Crippen molar-refractivity contribution in [2.24, 2.45) is 0 Å². The third-order valence-electron chi connectivity index (χ3n) is 15.5. The molecule has 0 bridgehead atoms. The van der Waals surface area contributed by atoms with Gasteiger partial charge in [0.15, 0.2) is 22.0 Å². The van der Waals surface area contributed by atoms with Gasteiger partial charge in [-0.25, -0.2) is 0 Å². The Bertz CT molecular complexity index is 3920. The monoisotopic (exact) mass is 1000 g/mol. The fourth-order valence-corrected chi connectivity index (χ4v) is 21.8. The topological polar surface area (TPSA) is 48.5 Å². The maximum Gasteiger partial charge on any atom is 0.240 e. The highest BCUT2D eigenvalue weighted by Gasteiger charge is 2.43. The van der Waals surface area contributed by atoms with E-state index in [0.717, 1.165) is 49.2 Å². The van der Waals surface area contributed by atoms with Crippen molar-refractivity contribution in [1.82, 2.24) is 24.1 Å². The fourth-order valence-electron chi connectivity index (χ4n) is 12.2. The van der Waals surface area contributed by atoms with E-state index in [4.69, 9.17) is 15.0 Å². The Balaban J connectivity index is 1.02. The summed E-state index contributed by atoms with van der Waals surface area (Å²) in [5, 5.41) is 15.1. The van der Waals surface area contributed by atoms with Crippen LogP contribution in [-0.2, 0) is 0 Å². The smallest absolute Gasteiger partial charge is 0.240 e. The van der Waals surface area contributed by atoms with Crippen LogP contribution in [0.5, 0.6) is 0 Å². The number of para-hydroxylation sites is 2. The SMILES string of the molecule is c1ccc(-c2nc(-n3c4ccccc4c4cc([Si](c5ccccc5)(c5ccccc5)c5ccccc5)ccc43)nc(-n3c4ccccc4c4cc([Si](c5ccccc5)(c5ccccc5)c5ccccc5)ccc43)n2)cc1. The molecule has 0 N–H and O–H groups in total. The lowest BCUT2D eigenvalue weighted by Gasteiger charge is -2.34. The molecule has 0 radical (unpaired) electrons. The van der Waals surface area contributed by atoms with Crippen LogP contribution in [-0.4, -0.2) is 40.2 Å². The molecular weight excluding hydrogens is 955 g/mol. The Morgan fingerprint density at radius 1 is 0.224 bits per heavy atom. The van der Waals surface area contributed by atoms with Gasteiger partial charge in [-0.05, 0) is 65.8 Å². The number of hydrogen-bond acceptors (Lipinski definition) is 3. The van der Waals surface area contributed by atoms with Crippen molar-refractivity contribution < 1.29 is 0 Å². The second kappa shape index (κ2) is 18.7. The molecule has 0 amide bonds. The zero-order valence-electron chi connectivity index (χ0n) is 41.5. The van der Waals surface area contributed by atoms with Crippen LogP contribution in [0.1, 0.15) is 0 Å². The molecule has 0 atom stereocenters. The summed E-state index contributed by atoms with van der Waals surface area (Å²) >= 11 is 0. The average molecular weight is 1000 g/mol. The summed E-state index contributed by atoms with van der Waals surface area (Å²) < 4.78 is 4.49. The van der Waals surface area contributed by atoms with Crippen LogP contribution in [0.2, 0.25) is 0 Å². The summed E-state index contributed by atoms with van der Waals surface area (Å²) in [7, 11) is -5.70. The van der Waals surface area contributed by atoms with Gasteiger partial charge < -0.3 is 0 Å². The third kappa shape index (κ3) is 7.16. The van der Waals surface area contributed by atoms with E-state index in [0.29, 0.717) is 17.7 Å². The number of hydrogen-bond donors (Lipinski definition) is 0. The van der Waals surface area contributed by atoms with E-state index >= 15 is 0 Å². The molecule has 5 nitrogen and oxygen atoms in total. The highest BCUT2D eigenvalue weighted by molar-refractivity contribution is 7.20. The van der Waals surface area contributed by atoms with E-state index in [1.54, 1.807) is 0 Å². The summed E-state index contributed by atoms with van der Waals surface area (Å²) in [6, 6.07) is 109. The first-order valence-corrected chi connectivity index (χ1v) is 29.9. The van der Waals surface area contributed by atoms with Crippen LogP contribution in [0.25, 0.3) is 66.9 Å². The lowest BCUT2D eigenvalue weighted by molar-refractivity contribution is 0.893. The minimum atomic E-state index is -2.85. The van der Waals surface area contributed by atoms with Crippen LogP contribution in [0.3, 0.4) is 0 Å². The minimum Gasteiger partial charge on any atom is -0.278 e. The van der Waals surface area contributed by atoms with Crippen LogP contribution >= 0.6 is 0 Å². The molecule has 0 saturated heterocycles. The maximum absolute atomic E-state index is 5.59. The lowest BCUT2D eigenvalue weighted by Crippen LogP contribution is -2.74. The lowest BCUT2D eigenvalue weighted by atomic mass is 10.1. The van der Waals surface area contributed by atoms with Crippen molar-refractivity contribution in [2.75, 3.05) is 0 Å². The van der Waals surface area contributed by atoms with E-state index in [1.165, 1.54) is 41.5 Å². The summed E-state index contributed by atoms with van der Waals surface area (Å²) in [4.78, 5) is 16.4. The molecule has 0 aliphatic rings. The molecule has 3 heterocycles. The van der Waals surface area contributed by atoms with Crippen molar-refractivity contribution in [3.8, 4) is 23.3 Å². The molecule has 11 aromatic carbocycles. The van der Waals surface area contributed by atoms with E-state index in [9.17, 15) is 0 Å². The summed E-state index contributed by atoms with van der Waals surface area (Å²) in [5.74, 6) is 1.69. The van der Waals surface area contributed by atoms with Crippen LogP contribution in [0.15, 0.2) is 297 Å². The zero-order valence-corrected chi connectivity index (χ0v) is 43.5. The van der Waals surface area contributed by atoms with E-state index in [1.807, 2.05) is 18.2 Å². The Hall–Kier alpha value is -9.54. The number of rotatable bonds is 11. The molecule has 7 heteroatoms. The molecule has 0 unspecified atom stereocenters. The van der Waals surface area contributed by atoms with Gasteiger partial charge in [-0.1, -0.05) is 273 Å². The van der Waals surface area contributed by atoms with E-state index in [2.05, 4.69) is 288 Å². The first-order chi connectivity index (χ1) is 37.7. The predicted octanol–water partition coefficient (Wildman–Crippen LogP) is 10.5. The van der Waals surface area contributed by atoms with Crippen molar-refractivity contribution in [2.45, 2.75) is 0 Å². The Morgan fingerprint density at radius 3 is 0.829 bits per heavy atom. The van der Waals surface area contributed by atoms with Crippen LogP contribution in [0, 0.1) is 0 Å². The quantitative estimate of drug-likeness (QED) is 0.0958. The first-order valence-electron chi connectivity index (χ1n) is 25.9. The molecule has 0 aliphatic heterocycles. The standard InChI is InChI=1S/C69H49N5Si2/c1-8-26-50(27-9-1)67-70-68(73-63-42-24-22-40-59(63)61-48-57(44-46-65(61)73)75(51-28-10-2-11-29-51,52-30-12-3-13-31-52)53-32-14-4-15-33-53)72-69(71-67)74-64-43-25-23-41-60(64)62-49-58(45-47-66(62)74)76(54-34-16-5-17-35-54,55-36-18-6-19-37-55)56-38-20-7-21-39-56/h1-49H. The van der Waals surface area contributed by atoms with Gasteiger partial charge in [0, 0.05) is 27.1 Å². The van der Waals surface area contributed by atoms with Crippen molar-refractivity contribution in [3.05, 3.63) is 297 Å². The minimum absolute atomic E-state index is 0.548. The fraction of sp³-hybridized carbons (Fsp3) is 0. The number of nitrogens with zero attached hydrogens (tertiary/aromatic N) is 5. The van der Waals surface area contributed by atoms with Gasteiger partial charge in [-0.15, -0.1) is 0 Å². The van der Waals surface area contributed by atoms with Crippen molar-refractivity contribution >= 4 is 101 Å². The van der Waals surface area contributed by atoms with Crippen LogP contribution < -0.4 is 41.5 Å². The molecule has 0 aliphatic carbocycles. The maximum atomic E-state index is 5.59. The van der Waals surface area contributed by atoms with Crippen molar-refractivity contribution in [1.29, 1.82) is 0 Å². The zero-order chi connectivity index (χ0) is 50.5. The normalized spacial score (nSPS) is 11.9. The van der Waals surface area contributed by atoms with E-state index < -0.39 is 16.1 Å². The highest BCUT2D eigenvalue weighted by Crippen LogP contribution is 2.35. The highest BCUT2D eigenvalue weighted by atomic mass is 28.3. The molecule has 0 saturated carbocycles. The number of benzene rings is 11. The molecule has 358 valence electrons. The summed E-state index contributed by atoms with van der Waals surface area (Å²) in [6.07, 6.45) is 0. The van der Waals surface area contributed by atoms with Crippen LogP contribution in [0.4, 0.5) is 0 Å². The van der Waals surface area contributed by atoms with Gasteiger partial charge in [0.1, 0.15) is 0 Å². The van der Waals surface area contributed by atoms with Gasteiger partial charge in [0.05, 0.1) is 22.1 Å². The van der Waals surface area contributed by atoms with Crippen molar-refractivity contribution in [3.63, 3.8) is 0 Å².